The number of phenolic OH excluding ortho intramolecular Hbond substituents is 1. The number of aliphatic carboxylic acids is 1. The Morgan fingerprint density at radius 2 is 1.68 bits per heavy atom. The lowest BCUT2D eigenvalue weighted by Gasteiger charge is -2.07. The number of carboxylic acids is 1. The zero-order chi connectivity index (χ0) is 16.1. The van der Waals surface area contributed by atoms with E-state index in [0.717, 1.165) is 3.57 Å². The first-order valence-electron chi connectivity index (χ1n) is 6.27. The lowest BCUT2D eigenvalue weighted by atomic mass is 10.1. The number of nitrogens with one attached hydrogen (secondary N) is 1. The third kappa shape index (κ3) is 4.08. The van der Waals surface area contributed by atoms with Crippen molar-refractivity contribution in [1.29, 1.82) is 0 Å². The normalized spacial score (nSPS) is 11.0. The molecular formula is C16H12INO4. The van der Waals surface area contributed by atoms with Gasteiger partial charge in [0.2, 0.25) is 0 Å². The first-order chi connectivity index (χ1) is 10.5. The van der Waals surface area contributed by atoms with Gasteiger partial charge in [-0.3, -0.25) is 4.79 Å². The van der Waals surface area contributed by atoms with Gasteiger partial charge < -0.3 is 15.5 Å². The quantitative estimate of drug-likeness (QED) is 0.536. The van der Waals surface area contributed by atoms with Gasteiger partial charge >= 0.3 is 5.97 Å². The lowest BCUT2D eigenvalue weighted by Crippen LogP contribution is -2.27. The van der Waals surface area contributed by atoms with Crippen LogP contribution >= 0.6 is 22.6 Å². The number of carbonyl (C=O) groups is 2. The maximum atomic E-state index is 12.2. The number of hydrogen-bond acceptors (Lipinski definition) is 3. The van der Waals surface area contributed by atoms with Crippen LogP contribution in [0.2, 0.25) is 0 Å². The Bertz CT molecular complexity index is 738. The van der Waals surface area contributed by atoms with Crippen LogP contribution in [0.3, 0.4) is 0 Å². The summed E-state index contributed by atoms with van der Waals surface area (Å²) in [5, 5.41) is 20.8. The molecule has 0 heterocycles. The van der Waals surface area contributed by atoms with Gasteiger partial charge in [0, 0.05) is 3.57 Å². The number of benzene rings is 2. The minimum Gasteiger partial charge on any atom is -0.508 e. The maximum Gasteiger partial charge on any atom is 0.352 e. The molecule has 0 bridgehead atoms. The van der Waals surface area contributed by atoms with Crippen molar-refractivity contribution in [3.05, 3.63) is 68.9 Å². The Morgan fingerprint density at radius 1 is 1.05 bits per heavy atom. The van der Waals surface area contributed by atoms with Crippen LogP contribution in [-0.4, -0.2) is 22.1 Å². The van der Waals surface area contributed by atoms with Gasteiger partial charge in [-0.25, -0.2) is 4.79 Å². The minimum absolute atomic E-state index is 0.0805. The summed E-state index contributed by atoms with van der Waals surface area (Å²) in [4.78, 5) is 23.5. The highest BCUT2D eigenvalue weighted by Gasteiger charge is 2.15. The average Bonchev–Trinajstić information content (AvgIpc) is 2.49. The van der Waals surface area contributed by atoms with Crippen molar-refractivity contribution in [1.82, 2.24) is 5.32 Å². The molecule has 0 radical (unpaired) electrons. The van der Waals surface area contributed by atoms with Crippen molar-refractivity contribution in [3.63, 3.8) is 0 Å². The van der Waals surface area contributed by atoms with Gasteiger partial charge in [0.05, 0.1) is 5.56 Å². The van der Waals surface area contributed by atoms with Gasteiger partial charge in [-0.2, -0.15) is 0 Å². The summed E-state index contributed by atoms with van der Waals surface area (Å²) in [5.74, 6) is -1.65. The number of aromatic hydroxyl groups is 1. The predicted octanol–water partition coefficient (Wildman–Crippen LogP) is 2.85. The average molecular weight is 409 g/mol. The standard InChI is InChI=1S/C16H12INO4/c17-13-4-2-1-3-12(13)15(20)18-14(16(21)22)9-10-5-7-11(19)8-6-10/h1-9,19H,(H,18,20)(H,21,22). The summed E-state index contributed by atoms with van der Waals surface area (Å²) in [6.07, 6.45) is 1.33. The predicted molar refractivity (Wildman–Crippen MR) is 90.3 cm³/mol. The molecule has 0 saturated heterocycles. The second-order valence-corrected chi connectivity index (χ2v) is 5.55. The first-order valence-corrected chi connectivity index (χ1v) is 7.35. The SMILES string of the molecule is O=C(O)C(=Cc1ccc(O)cc1)NC(=O)c1ccccc1I. The summed E-state index contributed by atoms with van der Waals surface area (Å²) in [7, 11) is 0. The molecule has 112 valence electrons. The molecule has 1 amide bonds. The van der Waals surface area contributed by atoms with Crippen LogP contribution in [-0.2, 0) is 4.79 Å². The Kier molecular flexibility index (Phi) is 5.16. The third-order valence-corrected chi connectivity index (χ3v) is 3.74. The van der Waals surface area contributed by atoms with Gasteiger partial charge in [0.1, 0.15) is 11.4 Å². The molecule has 2 rings (SSSR count). The van der Waals surface area contributed by atoms with Crippen LogP contribution < -0.4 is 5.32 Å². The van der Waals surface area contributed by atoms with Crippen molar-refractivity contribution < 1.29 is 19.8 Å². The van der Waals surface area contributed by atoms with Crippen molar-refractivity contribution in [2.75, 3.05) is 0 Å². The van der Waals surface area contributed by atoms with E-state index in [1.807, 2.05) is 22.6 Å². The number of rotatable bonds is 4. The van der Waals surface area contributed by atoms with E-state index in [1.54, 1.807) is 36.4 Å². The fraction of sp³-hybridized carbons (Fsp3) is 0. The zero-order valence-electron chi connectivity index (χ0n) is 11.3. The molecule has 0 aliphatic carbocycles. The van der Waals surface area contributed by atoms with Gasteiger partial charge in [0.15, 0.2) is 0 Å². The Morgan fingerprint density at radius 3 is 2.27 bits per heavy atom. The molecule has 0 fully saturated rings. The van der Waals surface area contributed by atoms with Crippen LogP contribution in [0.5, 0.6) is 5.75 Å². The number of carboxylic acid groups (broad SMARTS) is 1. The van der Waals surface area contributed by atoms with Crippen molar-refractivity contribution in [3.8, 4) is 5.75 Å². The minimum atomic E-state index is -1.24. The molecule has 2 aromatic carbocycles. The van der Waals surface area contributed by atoms with Crippen LogP contribution in [0.4, 0.5) is 0 Å². The summed E-state index contributed by atoms with van der Waals surface area (Å²) >= 11 is 2.01. The number of carbonyl (C=O) groups excluding carboxylic acids is 1. The molecule has 0 unspecified atom stereocenters. The number of halogens is 1. The number of hydrogen-bond donors (Lipinski definition) is 3. The van der Waals surface area contributed by atoms with Crippen molar-refractivity contribution in [2.24, 2.45) is 0 Å². The maximum absolute atomic E-state index is 12.2. The first kappa shape index (κ1) is 16.0. The molecule has 3 N–H and O–H groups in total. The van der Waals surface area contributed by atoms with Crippen LogP contribution in [0.25, 0.3) is 6.08 Å². The molecular weight excluding hydrogens is 397 g/mol. The van der Waals surface area contributed by atoms with Gasteiger partial charge in [-0.1, -0.05) is 24.3 Å². The van der Waals surface area contributed by atoms with Crippen LogP contribution in [0.15, 0.2) is 54.2 Å². The summed E-state index contributed by atoms with van der Waals surface area (Å²) in [5.41, 5.74) is 0.717. The van der Waals surface area contributed by atoms with E-state index in [4.69, 9.17) is 0 Å². The van der Waals surface area contributed by atoms with Crippen molar-refractivity contribution in [2.45, 2.75) is 0 Å². The second-order valence-electron chi connectivity index (χ2n) is 4.39. The van der Waals surface area contributed by atoms with E-state index >= 15 is 0 Å². The highest BCUT2D eigenvalue weighted by Crippen LogP contribution is 2.14. The van der Waals surface area contributed by atoms with E-state index in [2.05, 4.69) is 5.32 Å². The molecule has 0 aromatic heterocycles. The monoisotopic (exact) mass is 409 g/mol. The van der Waals surface area contributed by atoms with Crippen LogP contribution in [0, 0.1) is 3.57 Å². The smallest absolute Gasteiger partial charge is 0.352 e. The van der Waals surface area contributed by atoms with Gasteiger partial charge in [-0.05, 0) is 58.5 Å². The summed E-state index contributed by atoms with van der Waals surface area (Å²) < 4.78 is 0.729. The van der Waals surface area contributed by atoms with Crippen molar-refractivity contribution >= 4 is 40.5 Å². The van der Waals surface area contributed by atoms with E-state index in [0.29, 0.717) is 11.1 Å². The zero-order valence-corrected chi connectivity index (χ0v) is 13.4. The Labute approximate surface area is 140 Å². The number of amides is 1. The fourth-order valence-corrected chi connectivity index (χ4v) is 2.36. The highest BCUT2D eigenvalue weighted by molar-refractivity contribution is 14.1. The highest BCUT2D eigenvalue weighted by atomic mass is 127. The molecule has 0 spiro atoms. The number of phenols is 1. The Balaban J connectivity index is 2.26. The lowest BCUT2D eigenvalue weighted by molar-refractivity contribution is -0.132. The summed E-state index contributed by atoms with van der Waals surface area (Å²) in [6, 6.07) is 12.9. The largest absolute Gasteiger partial charge is 0.508 e. The van der Waals surface area contributed by atoms with Gasteiger partial charge in [0.25, 0.3) is 5.91 Å². The topological polar surface area (TPSA) is 86.6 Å². The molecule has 0 saturated carbocycles. The second kappa shape index (κ2) is 7.08. The van der Waals surface area contributed by atoms with Crippen LogP contribution in [0.1, 0.15) is 15.9 Å². The van der Waals surface area contributed by atoms with E-state index in [9.17, 15) is 19.8 Å². The molecule has 22 heavy (non-hydrogen) atoms. The molecule has 0 aliphatic rings. The molecule has 0 aliphatic heterocycles. The Hall–Kier alpha value is -2.35. The van der Waals surface area contributed by atoms with Gasteiger partial charge in [-0.15, -0.1) is 0 Å². The molecule has 0 atom stereocenters. The molecule has 5 nitrogen and oxygen atoms in total. The third-order valence-electron chi connectivity index (χ3n) is 2.80. The molecule has 2 aromatic rings. The summed E-state index contributed by atoms with van der Waals surface area (Å²) in [6.45, 7) is 0. The molecule has 6 heteroatoms. The van der Waals surface area contributed by atoms with E-state index in [-0.39, 0.29) is 11.4 Å². The van der Waals surface area contributed by atoms with E-state index in [1.165, 1.54) is 18.2 Å². The fourth-order valence-electron chi connectivity index (χ4n) is 1.72. The van der Waals surface area contributed by atoms with E-state index < -0.39 is 11.9 Å².